The maximum Gasteiger partial charge on any atom is 0.244 e. The Morgan fingerprint density at radius 1 is 1.26 bits per heavy atom. The Balaban J connectivity index is 1.78. The third kappa shape index (κ3) is 5.66. The first-order valence-electron chi connectivity index (χ1n) is 8.49. The second kappa shape index (κ2) is 8.65. The predicted octanol–water partition coefficient (Wildman–Crippen LogP) is 2.52. The van der Waals surface area contributed by atoms with Gasteiger partial charge >= 0.3 is 0 Å². The fourth-order valence-electron chi connectivity index (χ4n) is 3.19. The molecular formula is C18H27N3O2. The van der Waals surface area contributed by atoms with Crippen molar-refractivity contribution in [1.82, 2.24) is 15.2 Å². The Hall–Kier alpha value is -1.91. The number of amides is 2. The minimum Gasteiger partial charge on any atom is -0.345 e. The molecule has 23 heavy (non-hydrogen) atoms. The van der Waals surface area contributed by atoms with Gasteiger partial charge in [0.1, 0.15) is 6.04 Å². The lowest BCUT2D eigenvalue weighted by molar-refractivity contribution is -0.135. The zero-order valence-corrected chi connectivity index (χ0v) is 14.1. The van der Waals surface area contributed by atoms with Crippen LogP contribution >= 0.6 is 0 Å². The zero-order chi connectivity index (χ0) is 16.7. The Bertz CT molecular complexity index is 512. The minimum atomic E-state index is -0.488. The average molecular weight is 317 g/mol. The third-order valence-electron chi connectivity index (χ3n) is 4.49. The first-order valence-corrected chi connectivity index (χ1v) is 8.49. The molecule has 5 heteroatoms. The number of carbonyl (C=O) groups is 2. The van der Waals surface area contributed by atoms with Crippen molar-refractivity contribution < 1.29 is 9.59 Å². The van der Waals surface area contributed by atoms with Crippen molar-refractivity contribution in [2.45, 2.75) is 58.0 Å². The maximum atomic E-state index is 12.4. The molecule has 1 aromatic rings. The second-order valence-electron chi connectivity index (χ2n) is 6.55. The van der Waals surface area contributed by atoms with Gasteiger partial charge < -0.3 is 10.2 Å². The van der Waals surface area contributed by atoms with E-state index in [1.54, 1.807) is 31.3 Å². The molecule has 5 nitrogen and oxygen atoms in total. The topological polar surface area (TPSA) is 62.3 Å². The third-order valence-corrected chi connectivity index (χ3v) is 4.49. The summed E-state index contributed by atoms with van der Waals surface area (Å²) in [5.74, 6) is 0.412. The van der Waals surface area contributed by atoms with Crippen LogP contribution in [0.15, 0.2) is 24.5 Å². The van der Waals surface area contributed by atoms with Crippen LogP contribution in [0.1, 0.15) is 51.0 Å². The first-order chi connectivity index (χ1) is 11.1. The molecule has 1 aromatic heterocycles. The van der Waals surface area contributed by atoms with E-state index in [4.69, 9.17) is 0 Å². The van der Waals surface area contributed by atoms with E-state index in [1.165, 1.54) is 19.3 Å². The highest BCUT2D eigenvalue weighted by Gasteiger charge is 2.22. The van der Waals surface area contributed by atoms with Crippen molar-refractivity contribution in [3.8, 4) is 0 Å². The van der Waals surface area contributed by atoms with Crippen LogP contribution < -0.4 is 5.32 Å². The predicted molar refractivity (Wildman–Crippen MR) is 89.5 cm³/mol. The van der Waals surface area contributed by atoms with Gasteiger partial charge in [-0.25, -0.2) is 0 Å². The molecule has 2 rings (SSSR count). The van der Waals surface area contributed by atoms with Crippen LogP contribution in [0.5, 0.6) is 0 Å². The lowest BCUT2D eigenvalue weighted by Crippen LogP contribution is -2.45. The van der Waals surface area contributed by atoms with E-state index in [-0.39, 0.29) is 11.8 Å². The van der Waals surface area contributed by atoms with E-state index < -0.39 is 6.04 Å². The maximum absolute atomic E-state index is 12.4. The van der Waals surface area contributed by atoms with Gasteiger partial charge in [0.2, 0.25) is 11.8 Å². The van der Waals surface area contributed by atoms with Gasteiger partial charge in [0.05, 0.1) is 0 Å². The summed E-state index contributed by atoms with van der Waals surface area (Å²) in [5, 5.41) is 2.85. The molecule has 1 N–H and O–H groups in total. The van der Waals surface area contributed by atoms with Crippen molar-refractivity contribution in [3.05, 3.63) is 30.1 Å². The molecule has 1 atom stereocenters. The van der Waals surface area contributed by atoms with Crippen LogP contribution in [0.3, 0.4) is 0 Å². The van der Waals surface area contributed by atoms with E-state index in [0.717, 1.165) is 18.4 Å². The molecule has 1 heterocycles. The summed E-state index contributed by atoms with van der Waals surface area (Å²) in [6, 6.07) is 3.28. The lowest BCUT2D eigenvalue weighted by atomic mass is 9.87. The number of likely N-dealkylation sites (N-methyl/N-ethyl adjacent to an activating group) is 1. The largest absolute Gasteiger partial charge is 0.345 e. The lowest BCUT2D eigenvalue weighted by Gasteiger charge is -2.24. The zero-order valence-electron chi connectivity index (χ0n) is 14.1. The molecule has 0 radical (unpaired) electrons. The van der Waals surface area contributed by atoms with Gasteiger partial charge in [-0.1, -0.05) is 19.3 Å². The molecule has 1 aliphatic rings. The monoisotopic (exact) mass is 317 g/mol. The van der Waals surface area contributed by atoms with E-state index in [1.807, 2.05) is 12.1 Å². The first kappa shape index (κ1) is 17.4. The smallest absolute Gasteiger partial charge is 0.244 e. The van der Waals surface area contributed by atoms with Crippen molar-refractivity contribution in [3.63, 3.8) is 0 Å². The molecule has 0 aliphatic heterocycles. The standard InChI is InChI=1S/C18H27N3O2/c1-14(20-17(22)12-15-6-4-3-5-7-15)18(23)21(2)13-16-8-10-19-11-9-16/h8-11,14-15H,3-7,12-13H2,1-2H3,(H,20,22)/t14-/m0/s1. The number of hydrogen-bond donors (Lipinski definition) is 1. The number of rotatable bonds is 6. The number of aromatic nitrogens is 1. The summed E-state index contributed by atoms with van der Waals surface area (Å²) in [6.07, 6.45) is 9.97. The number of nitrogens with zero attached hydrogens (tertiary/aromatic N) is 2. The van der Waals surface area contributed by atoms with E-state index in [2.05, 4.69) is 10.3 Å². The summed E-state index contributed by atoms with van der Waals surface area (Å²) in [6.45, 7) is 2.27. The molecule has 0 spiro atoms. The quantitative estimate of drug-likeness (QED) is 0.877. The number of nitrogens with one attached hydrogen (secondary N) is 1. The minimum absolute atomic E-state index is 0.00457. The average Bonchev–Trinajstić information content (AvgIpc) is 2.55. The molecule has 0 bridgehead atoms. The number of pyridine rings is 1. The Labute approximate surface area is 138 Å². The SMILES string of the molecule is C[C@H](NC(=O)CC1CCCCC1)C(=O)N(C)Cc1ccncc1. The highest BCUT2D eigenvalue weighted by molar-refractivity contribution is 5.87. The molecule has 126 valence electrons. The van der Waals surface area contributed by atoms with Gasteiger partial charge in [0, 0.05) is 32.4 Å². The second-order valence-corrected chi connectivity index (χ2v) is 6.55. The molecule has 1 saturated carbocycles. The van der Waals surface area contributed by atoms with Gasteiger partial charge in [0.25, 0.3) is 0 Å². The van der Waals surface area contributed by atoms with E-state index in [9.17, 15) is 9.59 Å². The summed E-state index contributed by atoms with van der Waals surface area (Å²) in [7, 11) is 1.76. The summed E-state index contributed by atoms with van der Waals surface area (Å²) in [5.41, 5.74) is 1.02. The Morgan fingerprint density at radius 3 is 2.57 bits per heavy atom. The van der Waals surface area contributed by atoms with Crippen LogP contribution in [0.2, 0.25) is 0 Å². The van der Waals surface area contributed by atoms with Crippen molar-refractivity contribution in [2.24, 2.45) is 5.92 Å². The van der Waals surface area contributed by atoms with E-state index >= 15 is 0 Å². The van der Waals surface area contributed by atoms with Gasteiger partial charge in [-0.15, -0.1) is 0 Å². The van der Waals surface area contributed by atoms with Crippen molar-refractivity contribution in [2.75, 3.05) is 7.05 Å². The molecule has 0 unspecified atom stereocenters. The number of hydrogen-bond acceptors (Lipinski definition) is 3. The Morgan fingerprint density at radius 2 is 1.91 bits per heavy atom. The highest BCUT2D eigenvalue weighted by atomic mass is 16.2. The van der Waals surface area contributed by atoms with Gasteiger partial charge in [-0.2, -0.15) is 0 Å². The normalized spacial score (nSPS) is 16.6. The van der Waals surface area contributed by atoms with Gasteiger partial charge in [0.15, 0.2) is 0 Å². The summed E-state index contributed by atoms with van der Waals surface area (Å²) in [4.78, 5) is 30.1. The fraction of sp³-hybridized carbons (Fsp3) is 0.611. The van der Waals surface area contributed by atoms with Gasteiger partial charge in [-0.3, -0.25) is 14.6 Å². The van der Waals surface area contributed by atoms with Crippen molar-refractivity contribution >= 4 is 11.8 Å². The van der Waals surface area contributed by atoms with Crippen LogP contribution in [0, 0.1) is 5.92 Å². The molecule has 2 amide bonds. The van der Waals surface area contributed by atoms with Crippen LogP contribution in [0.25, 0.3) is 0 Å². The molecular weight excluding hydrogens is 290 g/mol. The molecule has 1 fully saturated rings. The van der Waals surface area contributed by atoms with Gasteiger partial charge in [-0.05, 0) is 43.4 Å². The van der Waals surface area contributed by atoms with Crippen LogP contribution in [-0.4, -0.2) is 34.8 Å². The molecule has 1 aliphatic carbocycles. The van der Waals surface area contributed by atoms with E-state index in [0.29, 0.717) is 18.9 Å². The Kier molecular flexibility index (Phi) is 6.56. The van der Waals surface area contributed by atoms with Crippen LogP contribution in [-0.2, 0) is 16.1 Å². The fourth-order valence-corrected chi connectivity index (χ4v) is 3.19. The van der Waals surface area contributed by atoms with Crippen molar-refractivity contribution in [1.29, 1.82) is 0 Å². The number of carbonyl (C=O) groups excluding carboxylic acids is 2. The summed E-state index contributed by atoms with van der Waals surface area (Å²) < 4.78 is 0. The van der Waals surface area contributed by atoms with Crippen LogP contribution in [0.4, 0.5) is 0 Å². The molecule has 0 saturated heterocycles. The highest BCUT2D eigenvalue weighted by Crippen LogP contribution is 2.26. The summed E-state index contributed by atoms with van der Waals surface area (Å²) >= 11 is 0. The molecule has 0 aromatic carbocycles.